The number of benzene rings is 2. The standard InChI is InChI=1S/C16H10Cl3N3O3/c17-16(18,19)15-20-13-4-2-1-3-12(13)14(21-15)25-9-10-5-7-11(8-6-10)22(23)24/h1-8H,9H2. The number of nitro benzene ring substituents is 1. The zero-order chi connectivity index (χ0) is 18.0. The van der Waals surface area contributed by atoms with Crippen LogP contribution in [0.2, 0.25) is 0 Å². The summed E-state index contributed by atoms with van der Waals surface area (Å²) in [6.45, 7) is 0.151. The van der Waals surface area contributed by atoms with Crippen molar-refractivity contribution in [2.45, 2.75) is 10.4 Å². The van der Waals surface area contributed by atoms with Crippen LogP contribution in [-0.4, -0.2) is 14.9 Å². The lowest BCUT2D eigenvalue weighted by Crippen LogP contribution is -2.09. The molecule has 6 nitrogen and oxygen atoms in total. The van der Waals surface area contributed by atoms with Gasteiger partial charge in [-0.05, 0) is 29.8 Å². The first-order valence-corrected chi connectivity index (χ1v) is 8.18. The molecule has 0 atom stereocenters. The molecule has 2 aromatic carbocycles. The maximum absolute atomic E-state index is 10.7. The normalized spacial score (nSPS) is 11.5. The first-order valence-electron chi connectivity index (χ1n) is 7.05. The largest absolute Gasteiger partial charge is 0.472 e. The van der Waals surface area contributed by atoms with E-state index >= 15 is 0 Å². The third kappa shape index (κ3) is 4.10. The topological polar surface area (TPSA) is 78.2 Å². The number of aromatic nitrogens is 2. The fourth-order valence-electron chi connectivity index (χ4n) is 2.15. The zero-order valence-electron chi connectivity index (χ0n) is 12.5. The van der Waals surface area contributed by atoms with Gasteiger partial charge in [-0.15, -0.1) is 0 Å². The second-order valence-corrected chi connectivity index (χ2v) is 7.36. The number of para-hydroxylation sites is 1. The zero-order valence-corrected chi connectivity index (χ0v) is 14.8. The van der Waals surface area contributed by atoms with Gasteiger partial charge in [0.25, 0.3) is 5.69 Å². The van der Waals surface area contributed by atoms with Crippen molar-refractivity contribution in [1.82, 2.24) is 9.97 Å². The minimum absolute atomic E-state index is 0.00901. The van der Waals surface area contributed by atoms with E-state index in [-0.39, 0.29) is 24.0 Å². The number of fused-ring (bicyclic) bond motifs is 1. The Bertz CT molecular complexity index is 927. The van der Waals surface area contributed by atoms with Crippen LogP contribution in [0.4, 0.5) is 5.69 Å². The van der Waals surface area contributed by atoms with Gasteiger partial charge in [-0.25, -0.2) is 4.98 Å². The molecule has 0 amide bonds. The fraction of sp³-hybridized carbons (Fsp3) is 0.125. The molecule has 1 heterocycles. The van der Waals surface area contributed by atoms with Crippen LogP contribution in [0.5, 0.6) is 5.88 Å². The number of nitrogens with zero attached hydrogens (tertiary/aromatic N) is 3. The van der Waals surface area contributed by atoms with Crippen molar-refractivity contribution in [3.8, 4) is 5.88 Å². The van der Waals surface area contributed by atoms with Gasteiger partial charge in [0.1, 0.15) is 6.61 Å². The number of non-ortho nitro benzene ring substituents is 1. The van der Waals surface area contributed by atoms with Crippen molar-refractivity contribution in [2.24, 2.45) is 0 Å². The van der Waals surface area contributed by atoms with Crippen molar-refractivity contribution in [3.05, 3.63) is 70.0 Å². The Morgan fingerprint density at radius 2 is 1.72 bits per heavy atom. The molecule has 0 bridgehead atoms. The maximum atomic E-state index is 10.7. The number of hydrogen-bond donors (Lipinski definition) is 0. The Morgan fingerprint density at radius 1 is 1.04 bits per heavy atom. The Hall–Kier alpha value is -2.15. The van der Waals surface area contributed by atoms with Gasteiger partial charge in [0.05, 0.1) is 15.8 Å². The second kappa shape index (κ2) is 7.00. The quantitative estimate of drug-likeness (QED) is 0.353. The number of halogens is 3. The predicted octanol–water partition coefficient (Wildman–Crippen LogP) is 4.94. The Kier molecular flexibility index (Phi) is 4.94. The van der Waals surface area contributed by atoms with Gasteiger partial charge in [0, 0.05) is 12.1 Å². The number of ether oxygens (including phenoxy) is 1. The van der Waals surface area contributed by atoms with Crippen molar-refractivity contribution in [3.63, 3.8) is 0 Å². The lowest BCUT2D eigenvalue weighted by atomic mass is 10.2. The molecule has 0 unspecified atom stereocenters. The van der Waals surface area contributed by atoms with Crippen LogP contribution in [0.1, 0.15) is 11.4 Å². The fourth-order valence-corrected chi connectivity index (χ4v) is 2.40. The van der Waals surface area contributed by atoms with Crippen molar-refractivity contribution < 1.29 is 9.66 Å². The molecule has 0 aliphatic carbocycles. The molecule has 9 heteroatoms. The van der Waals surface area contributed by atoms with E-state index in [1.807, 2.05) is 6.07 Å². The van der Waals surface area contributed by atoms with Gasteiger partial charge in [0.15, 0.2) is 5.82 Å². The lowest BCUT2D eigenvalue weighted by molar-refractivity contribution is -0.384. The predicted molar refractivity (Wildman–Crippen MR) is 96.2 cm³/mol. The summed E-state index contributed by atoms with van der Waals surface area (Å²) in [6, 6.07) is 13.2. The highest BCUT2D eigenvalue weighted by molar-refractivity contribution is 6.66. The van der Waals surface area contributed by atoms with Crippen LogP contribution < -0.4 is 4.74 Å². The summed E-state index contributed by atoms with van der Waals surface area (Å²) < 4.78 is 3.96. The summed E-state index contributed by atoms with van der Waals surface area (Å²) in [4.78, 5) is 18.7. The first-order chi connectivity index (χ1) is 11.8. The summed E-state index contributed by atoms with van der Waals surface area (Å²) in [6.07, 6.45) is 0. The van der Waals surface area contributed by atoms with E-state index in [0.717, 1.165) is 5.56 Å². The molecule has 1 aromatic heterocycles. The van der Waals surface area contributed by atoms with Crippen molar-refractivity contribution >= 4 is 51.4 Å². The Balaban J connectivity index is 1.91. The molecule has 3 rings (SSSR count). The molecule has 0 fully saturated rings. The highest BCUT2D eigenvalue weighted by Crippen LogP contribution is 2.38. The summed E-state index contributed by atoms with van der Waals surface area (Å²) in [5.74, 6) is 0.278. The summed E-state index contributed by atoms with van der Waals surface area (Å²) in [5.41, 5.74) is 1.33. The van der Waals surface area contributed by atoms with Crippen LogP contribution >= 0.6 is 34.8 Å². The molecule has 0 aliphatic heterocycles. The SMILES string of the molecule is O=[N+]([O-])c1ccc(COc2nc(C(Cl)(Cl)Cl)nc3ccccc23)cc1. The van der Waals surface area contributed by atoms with Crippen molar-refractivity contribution in [2.75, 3.05) is 0 Å². The molecular formula is C16H10Cl3N3O3. The summed E-state index contributed by atoms with van der Waals surface area (Å²) in [7, 11) is 0. The lowest BCUT2D eigenvalue weighted by Gasteiger charge is -2.13. The van der Waals surface area contributed by atoms with Gasteiger partial charge in [-0.2, -0.15) is 4.98 Å². The Morgan fingerprint density at radius 3 is 2.36 bits per heavy atom. The van der Waals surface area contributed by atoms with E-state index in [4.69, 9.17) is 39.5 Å². The molecular weight excluding hydrogens is 389 g/mol. The minimum atomic E-state index is -1.78. The van der Waals surface area contributed by atoms with Crippen LogP contribution in [0, 0.1) is 10.1 Å². The van der Waals surface area contributed by atoms with E-state index in [2.05, 4.69) is 9.97 Å². The van der Waals surface area contributed by atoms with Gasteiger partial charge in [-0.1, -0.05) is 46.9 Å². The molecule has 3 aromatic rings. The summed E-state index contributed by atoms with van der Waals surface area (Å²) in [5, 5.41) is 11.4. The second-order valence-electron chi connectivity index (χ2n) is 5.08. The average molecular weight is 399 g/mol. The van der Waals surface area contributed by atoms with E-state index in [1.165, 1.54) is 12.1 Å². The van der Waals surface area contributed by atoms with Gasteiger partial charge < -0.3 is 4.74 Å². The van der Waals surface area contributed by atoms with E-state index in [1.54, 1.807) is 30.3 Å². The van der Waals surface area contributed by atoms with E-state index < -0.39 is 8.72 Å². The average Bonchev–Trinajstić information content (AvgIpc) is 2.59. The summed E-state index contributed by atoms with van der Waals surface area (Å²) >= 11 is 17.6. The first kappa shape index (κ1) is 17.7. The smallest absolute Gasteiger partial charge is 0.269 e. The molecule has 128 valence electrons. The molecule has 0 N–H and O–H groups in total. The van der Waals surface area contributed by atoms with Crippen LogP contribution in [0.15, 0.2) is 48.5 Å². The molecule has 0 radical (unpaired) electrons. The third-order valence-electron chi connectivity index (χ3n) is 3.34. The molecule has 25 heavy (non-hydrogen) atoms. The highest BCUT2D eigenvalue weighted by atomic mass is 35.6. The van der Waals surface area contributed by atoms with Gasteiger partial charge >= 0.3 is 0 Å². The number of alkyl halides is 3. The molecule has 0 saturated carbocycles. The van der Waals surface area contributed by atoms with Crippen LogP contribution in [0.25, 0.3) is 10.9 Å². The molecule has 0 aliphatic rings. The van der Waals surface area contributed by atoms with E-state index in [9.17, 15) is 10.1 Å². The Labute approximate surface area is 157 Å². The van der Waals surface area contributed by atoms with Crippen molar-refractivity contribution in [1.29, 1.82) is 0 Å². The van der Waals surface area contributed by atoms with Crippen LogP contribution in [0.3, 0.4) is 0 Å². The number of rotatable bonds is 4. The molecule has 0 saturated heterocycles. The number of hydrogen-bond acceptors (Lipinski definition) is 5. The molecule has 0 spiro atoms. The van der Waals surface area contributed by atoms with Crippen LogP contribution in [-0.2, 0) is 10.4 Å². The van der Waals surface area contributed by atoms with E-state index in [0.29, 0.717) is 10.9 Å². The maximum Gasteiger partial charge on any atom is 0.269 e. The number of nitro groups is 1. The minimum Gasteiger partial charge on any atom is -0.472 e. The monoisotopic (exact) mass is 397 g/mol. The third-order valence-corrected chi connectivity index (χ3v) is 3.85. The van der Waals surface area contributed by atoms with Gasteiger partial charge in [0.2, 0.25) is 9.67 Å². The van der Waals surface area contributed by atoms with Gasteiger partial charge in [-0.3, -0.25) is 10.1 Å². The highest BCUT2D eigenvalue weighted by Gasteiger charge is 2.28.